The van der Waals surface area contributed by atoms with E-state index in [0.29, 0.717) is 13.2 Å². The van der Waals surface area contributed by atoms with E-state index in [2.05, 4.69) is 22.1 Å². The molecule has 0 aliphatic rings. The Morgan fingerprint density at radius 3 is 2.52 bits per heavy atom. The number of hydrogen-bond donors (Lipinski definition) is 0. The molecule has 2 aromatic carbocycles. The van der Waals surface area contributed by atoms with Gasteiger partial charge in [0.25, 0.3) is 0 Å². The topological polar surface area (TPSA) is 39.7 Å². The third-order valence-corrected chi connectivity index (χ3v) is 5.00. The van der Waals surface area contributed by atoms with E-state index in [4.69, 9.17) is 14.1 Å². The zero-order valence-corrected chi connectivity index (χ0v) is 15.9. The number of hydrogen-bond acceptors (Lipinski definition) is 4. The van der Waals surface area contributed by atoms with Crippen LogP contribution in [0, 0.1) is 0 Å². The van der Waals surface area contributed by atoms with Crippen LogP contribution in [0.2, 0.25) is 0 Å². The van der Waals surface area contributed by atoms with Crippen LogP contribution < -0.4 is 9.54 Å². The second-order valence-corrected chi connectivity index (χ2v) is 6.81. The Morgan fingerprint density at radius 1 is 1.00 bits per heavy atom. The molecule has 0 spiro atoms. The van der Waals surface area contributed by atoms with Gasteiger partial charge in [-0.25, -0.2) is 4.99 Å². The molecule has 0 saturated carbocycles. The van der Waals surface area contributed by atoms with Gasteiger partial charge in [-0.15, -0.1) is 11.3 Å². The zero-order chi connectivity index (χ0) is 18.5. The van der Waals surface area contributed by atoms with Crippen LogP contribution in [-0.4, -0.2) is 11.2 Å². The quantitative estimate of drug-likeness (QED) is 0.446. The molecule has 5 heteroatoms. The highest BCUT2D eigenvalue weighted by atomic mass is 32.1. The number of rotatable bonds is 6. The Labute approximate surface area is 162 Å². The van der Waals surface area contributed by atoms with Gasteiger partial charge in [-0.2, -0.15) is 0 Å². The van der Waals surface area contributed by atoms with Crippen molar-refractivity contribution >= 4 is 17.0 Å². The van der Waals surface area contributed by atoms with Gasteiger partial charge < -0.3 is 13.7 Å². The number of benzene rings is 2. The maximum atomic E-state index is 5.57. The fourth-order valence-electron chi connectivity index (χ4n) is 2.86. The zero-order valence-electron chi connectivity index (χ0n) is 15.0. The van der Waals surface area contributed by atoms with Crippen LogP contribution in [0.3, 0.4) is 0 Å². The average Bonchev–Trinajstić information content (AvgIpc) is 3.35. The highest BCUT2D eigenvalue weighted by Crippen LogP contribution is 2.22. The summed E-state index contributed by atoms with van der Waals surface area (Å²) in [4.78, 5) is 5.78. The lowest BCUT2D eigenvalue weighted by Crippen LogP contribution is -2.16. The summed E-state index contributed by atoms with van der Waals surface area (Å²) in [5, 5.41) is 2.14. The Balaban J connectivity index is 1.76. The van der Waals surface area contributed by atoms with Gasteiger partial charge >= 0.3 is 0 Å². The van der Waals surface area contributed by atoms with Crippen LogP contribution in [0.1, 0.15) is 12.7 Å². The number of furan rings is 1. The van der Waals surface area contributed by atoms with E-state index in [0.717, 1.165) is 33.3 Å². The van der Waals surface area contributed by atoms with Crippen molar-refractivity contribution in [1.82, 2.24) is 4.57 Å². The van der Waals surface area contributed by atoms with Crippen LogP contribution in [0.15, 0.2) is 87.8 Å². The van der Waals surface area contributed by atoms with E-state index < -0.39 is 0 Å². The first-order valence-corrected chi connectivity index (χ1v) is 9.75. The molecule has 4 aromatic rings. The van der Waals surface area contributed by atoms with Gasteiger partial charge in [0.2, 0.25) is 0 Å². The standard InChI is InChI=1S/C22H20N2O2S/c1-2-25-19-12-10-18(11-13-19)23-22-24(15-20-9-6-14-26-20)21(16-27-22)17-7-4-3-5-8-17/h3-14,16H,2,15H2,1H3. The van der Waals surface area contributed by atoms with Crippen molar-refractivity contribution in [2.75, 3.05) is 6.61 Å². The monoisotopic (exact) mass is 376 g/mol. The fraction of sp³-hybridized carbons (Fsp3) is 0.136. The molecule has 27 heavy (non-hydrogen) atoms. The lowest BCUT2D eigenvalue weighted by atomic mass is 10.2. The molecule has 2 heterocycles. The minimum Gasteiger partial charge on any atom is -0.494 e. The maximum Gasteiger partial charge on any atom is 0.190 e. The maximum absolute atomic E-state index is 5.57. The van der Waals surface area contributed by atoms with Crippen LogP contribution >= 0.6 is 11.3 Å². The number of thiazole rings is 1. The van der Waals surface area contributed by atoms with E-state index in [1.165, 1.54) is 0 Å². The Kier molecular flexibility index (Phi) is 5.21. The van der Waals surface area contributed by atoms with Crippen molar-refractivity contribution in [1.29, 1.82) is 0 Å². The predicted octanol–water partition coefficient (Wildman–Crippen LogP) is 5.49. The molecule has 0 saturated heterocycles. The van der Waals surface area contributed by atoms with Gasteiger partial charge in [0.15, 0.2) is 4.80 Å². The third kappa shape index (κ3) is 4.04. The molecule has 0 bridgehead atoms. The van der Waals surface area contributed by atoms with Gasteiger partial charge in [-0.05, 0) is 48.9 Å². The lowest BCUT2D eigenvalue weighted by molar-refractivity contribution is 0.340. The molecule has 0 atom stereocenters. The number of ether oxygens (including phenoxy) is 1. The van der Waals surface area contributed by atoms with Gasteiger partial charge in [0.1, 0.15) is 11.5 Å². The molecule has 136 valence electrons. The third-order valence-electron chi connectivity index (χ3n) is 4.13. The molecular weight excluding hydrogens is 356 g/mol. The first-order valence-electron chi connectivity index (χ1n) is 8.87. The summed E-state index contributed by atoms with van der Waals surface area (Å²) in [7, 11) is 0. The molecule has 0 fully saturated rings. The molecule has 4 rings (SSSR count). The van der Waals surface area contributed by atoms with Gasteiger partial charge in [0.05, 0.1) is 30.8 Å². The lowest BCUT2D eigenvalue weighted by Gasteiger charge is -2.08. The second kappa shape index (κ2) is 8.10. The van der Waals surface area contributed by atoms with E-state index in [1.807, 2.05) is 61.5 Å². The average molecular weight is 376 g/mol. The number of nitrogens with zero attached hydrogens (tertiary/aromatic N) is 2. The van der Waals surface area contributed by atoms with Crippen LogP contribution in [0.5, 0.6) is 5.75 Å². The van der Waals surface area contributed by atoms with Crippen molar-refractivity contribution in [2.45, 2.75) is 13.5 Å². The SMILES string of the molecule is CCOc1ccc(N=c2scc(-c3ccccc3)n2Cc2ccco2)cc1. The molecule has 0 aliphatic heterocycles. The van der Waals surface area contributed by atoms with Crippen molar-refractivity contribution < 1.29 is 9.15 Å². The van der Waals surface area contributed by atoms with E-state index in [1.54, 1.807) is 17.6 Å². The Bertz CT molecular complexity index is 1050. The minimum atomic E-state index is 0.636. The molecule has 4 nitrogen and oxygen atoms in total. The summed E-state index contributed by atoms with van der Waals surface area (Å²) >= 11 is 1.63. The van der Waals surface area contributed by atoms with Crippen molar-refractivity contribution in [3.8, 4) is 17.0 Å². The Hall–Kier alpha value is -3.05. The van der Waals surface area contributed by atoms with E-state index >= 15 is 0 Å². The largest absolute Gasteiger partial charge is 0.494 e. The fourth-order valence-corrected chi connectivity index (χ4v) is 3.79. The Morgan fingerprint density at radius 2 is 1.81 bits per heavy atom. The minimum absolute atomic E-state index is 0.636. The summed E-state index contributed by atoms with van der Waals surface area (Å²) in [6.07, 6.45) is 1.70. The summed E-state index contributed by atoms with van der Waals surface area (Å²) in [5.41, 5.74) is 3.18. The second-order valence-electron chi connectivity index (χ2n) is 5.97. The van der Waals surface area contributed by atoms with Gasteiger partial charge in [-0.1, -0.05) is 30.3 Å². The first-order chi connectivity index (χ1) is 13.3. The van der Waals surface area contributed by atoms with Crippen LogP contribution in [-0.2, 0) is 6.54 Å². The summed E-state index contributed by atoms with van der Waals surface area (Å²) < 4.78 is 13.3. The molecule has 0 unspecified atom stereocenters. The molecular formula is C22H20N2O2S. The van der Waals surface area contributed by atoms with Crippen molar-refractivity contribution in [3.63, 3.8) is 0 Å². The summed E-state index contributed by atoms with van der Waals surface area (Å²) in [5.74, 6) is 1.76. The highest BCUT2D eigenvalue weighted by Gasteiger charge is 2.10. The molecule has 2 aromatic heterocycles. The predicted molar refractivity (Wildman–Crippen MR) is 108 cm³/mol. The summed E-state index contributed by atoms with van der Waals surface area (Å²) in [6, 6.07) is 22.1. The molecule has 0 aliphatic carbocycles. The van der Waals surface area contributed by atoms with E-state index in [9.17, 15) is 0 Å². The van der Waals surface area contributed by atoms with Crippen LogP contribution in [0.4, 0.5) is 5.69 Å². The molecule has 0 radical (unpaired) electrons. The molecule has 0 N–H and O–H groups in total. The van der Waals surface area contributed by atoms with Crippen molar-refractivity contribution in [2.24, 2.45) is 4.99 Å². The van der Waals surface area contributed by atoms with Gasteiger partial charge in [0, 0.05) is 5.38 Å². The van der Waals surface area contributed by atoms with E-state index in [-0.39, 0.29) is 0 Å². The number of aromatic nitrogens is 1. The smallest absolute Gasteiger partial charge is 0.190 e. The first kappa shape index (κ1) is 17.4. The molecule has 0 amide bonds. The normalized spacial score (nSPS) is 11.7. The van der Waals surface area contributed by atoms with Gasteiger partial charge in [-0.3, -0.25) is 0 Å². The van der Waals surface area contributed by atoms with Crippen LogP contribution in [0.25, 0.3) is 11.3 Å². The highest BCUT2D eigenvalue weighted by molar-refractivity contribution is 7.07. The van der Waals surface area contributed by atoms with Crippen molar-refractivity contribution in [3.05, 3.63) is 88.9 Å². The summed E-state index contributed by atoms with van der Waals surface area (Å²) in [6.45, 7) is 3.27.